The minimum Gasteiger partial charge on any atom is -0.310 e. The van der Waals surface area contributed by atoms with Crippen LogP contribution in [0.15, 0.2) is 114 Å². The highest BCUT2D eigenvalue weighted by molar-refractivity contribution is 5.85. The molecule has 4 nitrogen and oxygen atoms in total. The van der Waals surface area contributed by atoms with Crippen LogP contribution in [0.4, 0.5) is 17.1 Å². The fraction of sp³-hybridized carbons (Fsp3) is 0.0909. The molecule has 176 valence electrons. The highest BCUT2D eigenvalue weighted by atomic mass is 15.1. The van der Waals surface area contributed by atoms with Crippen LogP contribution in [0.2, 0.25) is 0 Å². The van der Waals surface area contributed by atoms with E-state index in [2.05, 4.69) is 112 Å². The standard InChI is InChI=1S/C33H24N4/c34-36-35-21-22-9-11-27(12-10-22)37(28-13-15-32-25(19-28)17-23-5-1-3-7-30(23)32)29-14-16-33-26(20-29)18-24-6-2-4-8-31(24)33/h1-16,19-20H,17-18,21H2. The van der Waals surface area contributed by atoms with Crippen LogP contribution < -0.4 is 4.90 Å². The van der Waals surface area contributed by atoms with Gasteiger partial charge in [0.05, 0.1) is 6.54 Å². The van der Waals surface area contributed by atoms with E-state index in [0.29, 0.717) is 6.54 Å². The van der Waals surface area contributed by atoms with Crippen LogP contribution in [-0.2, 0) is 19.4 Å². The predicted molar refractivity (Wildman–Crippen MR) is 150 cm³/mol. The quantitative estimate of drug-likeness (QED) is 0.139. The normalized spacial score (nSPS) is 12.2. The third kappa shape index (κ3) is 3.67. The Morgan fingerprint density at radius 1 is 0.568 bits per heavy atom. The van der Waals surface area contributed by atoms with E-state index in [-0.39, 0.29) is 0 Å². The maximum Gasteiger partial charge on any atom is 0.0510 e. The third-order valence-electron chi connectivity index (χ3n) is 7.58. The number of azide groups is 1. The summed E-state index contributed by atoms with van der Waals surface area (Å²) in [5, 5.41) is 3.72. The molecule has 7 rings (SSSR count). The smallest absolute Gasteiger partial charge is 0.0510 e. The van der Waals surface area contributed by atoms with Crippen molar-refractivity contribution in [3.63, 3.8) is 0 Å². The zero-order valence-corrected chi connectivity index (χ0v) is 20.3. The monoisotopic (exact) mass is 476 g/mol. The Balaban J connectivity index is 1.33. The first-order chi connectivity index (χ1) is 18.3. The lowest BCUT2D eigenvalue weighted by Gasteiger charge is -2.27. The molecule has 5 aromatic carbocycles. The zero-order chi connectivity index (χ0) is 24.8. The Morgan fingerprint density at radius 3 is 1.59 bits per heavy atom. The van der Waals surface area contributed by atoms with Gasteiger partial charge in [-0.05, 0) is 105 Å². The minimum atomic E-state index is 0.352. The van der Waals surface area contributed by atoms with E-state index in [1.54, 1.807) is 0 Å². The Hall–Kier alpha value is -4.79. The van der Waals surface area contributed by atoms with E-state index in [9.17, 15) is 0 Å². The van der Waals surface area contributed by atoms with Crippen LogP contribution in [-0.4, -0.2) is 0 Å². The van der Waals surface area contributed by atoms with Gasteiger partial charge in [-0.1, -0.05) is 77.9 Å². The van der Waals surface area contributed by atoms with Crippen molar-refractivity contribution in [3.05, 3.63) is 147 Å². The number of nitrogens with zero attached hydrogens (tertiary/aromatic N) is 4. The molecule has 2 aliphatic rings. The summed E-state index contributed by atoms with van der Waals surface area (Å²) < 4.78 is 0. The van der Waals surface area contributed by atoms with Crippen LogP contribution in [0.3, 0.4) is 0 Å². The second-order valence-corrected chi connectivity index (χ2v) is 9.74. The zero-order valence-electron chi connectivity index (χ0n) is 20.3. The number of hydrogen-bond donors (Lipinski definition) is 0. The predicted octanol–water partition coefficient (Wildman–Crippen LogP) is 9.11. The molecule has 0 aromatic heterocycles. The first kappa shape index (κ1) is 21.5. The lowest BCUT2D eigenvalue weighted by molar-refractivity contribution is 1.05. The molecule has 0 saturated carbocycles. The summed E-state index contributed by atoms with van der Waals surface area (Å²) in [5.41, 5.74) is 23.9. The molecular weight excluding hydrogens is 452 g/mol. The molecule has 2 aliphatic carbocycles. The summed E-state index contributed by atoms with van der Waals surface area (Å²) in [7, 11) is 0. The molecule has 5 aromatic rings. The highest BCUT2D eigenvalue weighted by Gasteiger charge is 2.23. The molecule has 0 spiro atoms. The molecule has 0 heterocycles. The van der Waals surface area contributed by atoms with Gasteiger partial charge >= 0.3 is 0 Å². The van der Waals surface area contributed by atoms with Crippen molar-refractivity contribution in [1.82, 2.24) is 0 Å². The van der Waals surface area contributed by atoms with Crippen molar-refractivity contribution >= 4 is 17.1 Å². The van der Waals surface area contributed by atoms with Gasteiger partial charge < -0.3 is 4.90 Å². The van der Waals surface area contributed by atoms with E-state index in [1.165, 1.54) is 44.5 Å². The van der Waals surface area contributed by atoms with Crippen LogP contribution in [0.25, 0.3) is 32.7 Å². The van der Waals surface area contributed by atoms with E-state index in [1.807, 2.05) is 12.1 Å². The van der Waals surface area contributed by atoms with Crippen LogP contribution in [0.5, 0.6) is 0 Å². The third-order valence-corrected chi connectivity index (χ3v) is 7.58. The molecule has 0 N–H and O–H groups in total. The van der Waals surface area contributed by atoms with Gasteiger partial charge in [0, 0.05) is 22.0 Å². The van der Waals surface area contributed by atoms with Crippen molar-refractivity contribution < 1.29 is 0 Å². The molecular formula is C33H24N4. The van der Waals surface area contributed by atoms with E-state index in [0.717, 1.165) is 35.5 Å². The Bertz CT molecular complexity index is 1610. The lowest BCUT2D eigenvalue weighted by atomic mass is 10.0. The fourth-order valence-corrected chi connectivity index (χ4v) is 5.85. The second kappa shape index (κ2) is 8.70. The molecule has 0 bridgehead atoms. The average molecular weight is 477 g/mol. The van der Waals surface area contributed by atoms with Crippen molar-refractivity contribution in [2.24, 2.45) is 5.11 Å². The average Bonchev–Trinajstić information content (AvgIpc) is 3.50. The lowest BCUT2D eigenvalue weighted by Crippen LogP contribution is -2.10. The second-order valence-electron chi connectivity index (χ2n) is 9.74. The highest BCUT2D eigenvalue weighted by Crippen LogP contribution is 2.44. The summed E-state index contributed by atoms with van der Waals surface area (Å²) in [6.07, 6.45) is 1.91. The Morgan fingerprint density at radius 2 is 1.05 bits per heavy atom. The Kier molecular flexibility index (Phi) is 5.05. The fourth-order valence-electron chi connectivity index (χ4n) is 5.85. The van der Waals surface area contributed by atoms with E-state index < -0.39 is 0 Å². The minimum absolute atomic E-state index is 0.352. The molecule has 0 aliphatic heterocycles. The number of benzene rings is 5. The SMILES string of the molecule is [N-]=[N+]=NCc1ccc(N(c2ccc3c(c2)Cc2ccccc2-3)c2ccc3c(c2)Cc2ccccc2-3)cc1. The van der Waals surface area contributed by atoms with Gasteiger partial charge in [-0.25, -0.2) is 0 Å². The first-order valence-electron chi connectivity index (χ1n) is 12.6. The molecule has 0 fully saturated rings. The van der Waals surface area contributed by atoms with Gasteiger partial charge in [-0.3, -0.25) is 0 Å². The number of rotatable bonds is 5. The maximum atomic E-state index is 8.70. The van der Waals surface area contributed by atoms with Crippen molar-refractivity contribution in [1.29, 1.82) is 0 Å². The van der Waals surface area contributed by atoms with Crippen molar-refractivity contribution in [2.75, 3.05) is 4.90 Å². The number of fused-ring (bicyclic) bond motifs is 6. The molecule has 0 unspecified atom stereocenters. The summed E-state index contributed by atoms with van der Waals surface area (Å²) >= 11 is 0. The largest absolute Gasteiger partial charge is 0.310 e. The molecule has 37 heavy (non-hydrogen) atoms. The van der Waals surface area contributed by atoms with Gasteiger partial charge in [-0.15, -0.1) is 0 Å². The topological polar surface area (TPSA) is 52.0 Å². The summed E-state index contributed by atoms with van der Waals surface area (Å²) in [6, 6.07) is 39.4. The van der Waals surface area contributed by atoms with Gasteiger partial charge in [0.25, 0.3) is 0 Å². The van der Waals surface area contributed by atoms with Crippen LogP contribution in [0.1, 0.15) is 27.8 Å². The van der Waals surface area contributed by atoms with Crippen LogP contribution >= 0.6 is 0 Å². The molecule has 0 radical (unpaired) electrons. The molecule has 4 heteroatoms. The summed E-state index contributed by atoms with van der Waals surface area (Å²) in [6.45, 7) is 0.352. The summed E-state index contributed by atoms with van der Waals surface area (Å²) in [5.74, 6) is 0. The number of anilines is 3. The maximum absolute atomic E-state index is 8.70. The van der Waals surface area contributed by atoms with E-state index >= 15 is 0 Å². The molecule has 0 atom stereocenters. The van der Waals surface area contributed by atoms with Gasteiger partial charge in [0.2, 0.25) is 0 Å². The van der Waals surface area contributed by atoms with Crippen molar-refractivity contribution in [3.8, 4) is 22.3 Å². The van der Waals surface area contributed by atoms with Crippen molar-refractivity contribution in [2.45, 2.75) is 19.4 Å². The number of hydrogen-bond acceptors (Lipinski definition) is 2. The van der Waals surface area contributed by atoms with E-state index in [4.69, 9.17) is 5.53 Å². The van der Waals surface area contributed by atoms with Gasteiger partial charge in [-0.2, -0.15) is 0 Å². The molecule has 0 amide bonds. The van der Waals surface area contributed by atoms with Gasteiger partial charge in [0.1, 0.15) is 0 Å². The van der Waals surface area contributed by atoms with Gasteiger partial charge in [0.15, 0.2) is 0 Å². The van der Waals surface area contributed by atoms with Crippen LogP contribution in [0, 0.1) is 0 Å². The molecule has 0 saturated heterocycles. The summed E-state index contributed by atoms with van der Waals surface area (Å²) in [4.78, 5) is 5.24. The first-order valence-corrected chi connectivity index (χ1v) is 12.6. The Labute approximate surface area is 216 Å².